The molecule has 0 spiro atoms. The van der Waals surface area contributed by atoms with Crippen molar-refractivity contribution in [3.8, 4) is 11.5 Å². The van der Waals surface area contributed by atoms with Crippen LogP contribution in [-0.2, 0) is 6.42 Å². The van der Waals surface area contributed by atoms with Crippen molar-refractivity contribution >= 4 is 46.5 Å². The first-order valence-corrected chi connectivity index (χ1v) is 8.15. The SMILES string of the molecule is COc1ccc(OC)c(NC(N)=NCCc2c[nH]c3ccc(F)cc23)c1.I. The second kappa shape index (κ2) is 9.45. The van der Waals surface area contributed by atoms with Crippen molar-refractivity contribution in [1.82, 2.24) is 4.98 Å². The van der Waals surface area contributed by atoms with Gasteiger partial charge in [-0.1, -0.05) is 0 Å². The van der Waals surface area contributed by atoms with Crippen LogP contribution >= 0.6 is 24.0 Å². The Kier molecular flexibility index (Phi) is 7.28. The van der Waals surface area contributed by atoms with E-state index in [0.717, 1.165) is 16.5 Å². The molecule has 3 rings (SSSR count). The predicted molar refractivity (Wildman–Crippen MR) is 117 cm³/mol. The number of aromatic amines is 1. The lowest BCUT2D eigenvalue weighted by molar-refractivity contribution is 0.405. The summed E-state index contributed by atoms with van der Waals surface area (Å²) in [5.74, 6) is 1.33. The van der Waals surface area contributed by atoms with Gasteiger partial charge >= 0.3 is 0 Å². The number of nitrogens with two attached hydrogens (primary N) is 1. The van der Waals surface area contributed by atoms with Crippen LogP contribution in [0.25, 0.3) is 10.9 Å². The fourth-order valence-corrected chi connectivity index (χ4v) is 2.74. The number of nitrogens with one attached hydrogen (secondary N) is 2. The molecule has 0 atom stereocenters. The normalized spacial score (nSPS) is 11.1. The van der Waals surface area contributed by atoms with Gasteiger partial charge < -0.3 is 25.5 Å². The van der Waals surface area contributed by atoms with Gasteiger partial charge in [-0.05, 0) is 42.3 Å². The first kappa shape index (κ1) is 20.8. The topological polar surface area (TPSA) is 84.7 Å². The maximum Gasteiger partial charge on any atom is 0.193 e. The molecule has 1 aromatic heterocycles. The second-order valence-corrected chi connectivity index (χ2v) is 5.71. The van der Waals surface area contributed by atoms with Gasteiger partial charge in [0.15, 0.2) is 5.96 Å². The van der Waals surface area contributed by atoms with Gasteiger partial charge in [0, 0.05) is 29.7 Å². The molecule has 0 unspecified atom stereocenters. The number of ether oxygens (including phenoxy) is 2. The third-order valence-electron chi connectivity index (χ3n) is 4.06. The molecule has 1 heterocycles. The van der Waals surface area contributed by atoms with E-state index in [9.17, 15) is 4.39 Å². The van der Waals surface area contributed by atoms with Gasteiger partial charge in [-0.3, -0.25) is 4.99 Å². The fourth-order valence-electron chi connectivity index (χ4n) is 2.74. The second-order valence-electron chi connectivity index (χ2n) is 5.71. The number of anilines is 1. The molecule has 0 saturated heterocycles. The van der Waals surface area contributed by atoms with E-state index in [1.165, 1.54) is 12.1 Å². The van der Waals surface area contributed by atoms with Crippen LogP contribution < -0.4 is 20.5 Å². The number of guanidine groups is 1. The molecular formula is C19H22FIN4O2. The number of hydrogen-bond donors (Lipinski definition) is 3. The van der Waals surface area contributed by atoms with Crippen LogP contribution in [0.15, 0.2) is 47.6 Å². The van der Waals surface area contributed by atoms with Crippen molar-refractivity contribution in [3.05, 3.63) is 54.0 Å². The van der Waals surface area contributed by atoms with E-state index in [4.69, 9.17) is 15.2 Å². The number of fused-ring (bicyclic) bond motifs is 1. The number of H-pyrrole nitrogens is 1. The molecule has 4 N–H and O–H groups in total. The molecule has 0 fully saturated rings. The number of aliphatic imine (C=N–C) groups is 1. The molecule has 3 aromatic rings. The zero-order chi connectivity index (χ0) is 18.5. The minimum absolute atomic E-state index is 0. The summed E-state index contributed by atoms with van der Waals surface area (Å²) in [6, 6.07) is 10.0. The summed E-state index contributed by atoms with van der Waals surface area (Å²) < 4.78 is 23.9. The Morgan fingerprint density at radius 3 is 2.74 bits per heavy atom. The molecule has 144 valence electrons. The zero-order valence-corrected chi connectivity index (χ0v) is 17.4. The largest absolute Gasteiger partial charge is 0.497 e. The summed E-state index contributed by atoms with van der Waals surface area (Å²) in [5, 5.41) is 3.88. The first-order valence-electron chi connectivity index (χ1n) is 8.15. The van der Waals surface area contributed by atoms with Crippen LogP contribution in [0.4, 0.5) is 10.1 Å². The molecule has 0 aliphatic carbocycles. The predicted octanol–water partition coefficient (Wildman–Crippen LogP) is 3.91. The summed E-state index contributed by atoms with van der Waals surface area (Å²) in [4.78, 5) is 7.46. The smallest absolute Gasteiger partial charge is 0.193 e. The van der Waals surface area contributed by atoms with Gasteiger partial charge in [-0.2, -0.15) is 0 Å². The third-order valence-corrected chi connectivity index (χ3v) is 4.06. The monoisotopic (exact) mass is 484 g/mol. The van der Waals surface area contributed by atoms with Crippen LogP contribution in [0.5, 0.6) is 11.5 Å². The van der Waals surface area contributed by atoms with Gasteiger partial charge in [0.05, 0.1) is 19.9 Å². The maximum absolute atomic E-state index is 13.4. The van der Waals surface area contributed by atoms with Crippen LogP contribution in [0.3, 0.4) is 0 Å². The maximum atomic E-state index is 13.4. The van der Waals surface area contributed by atoms with E-state index in [2.05, 4.69) is 15.3 Å². The summed E-state index contributed by atoms with van der Waals surface area (Å²) in [6.07, 6.45) is 2.51. The average molecular weight is 484 g/mol. The Balaban J connectivity index is 0.00000261. The first-order chi connectivity index (χ1) is 12.6. The van der Waals surface area contributed by atoms with Crippen LogP contribution in [0.1, 0.15) is 5.56 Å². The standard InChI is InChI=1S/C19H21FN4O2.HI/c1-25-14-4-6-18(26-2)17(10-14)24-19(21)22-8-7-12-11-23-16-5-3-13(20)9-15(12)16;/h3-6,9-11,23H,7-8H2,1-2H3,(H3,21,22,24);1H. The molecule has 2 aromatic carbocycles. The molecule has 6 nitrogen and oxygen atoms in total. The number of hydrogen-bond acceptors (Lipinski definition) is 3. The summed E-state index contributed by atoms with van der Waals surface area (Å²) in [7, 11) is 3.17. The molecule has 0 radical (unpaired) electrons. The van der Waals surface area contributed by atoms with Crippen molar-refractivity contribution in [2.45, 2.75) is 6.42 Å². The van der Waals surface area contributed by atoms with Crippen LogP contribution in [-0.4, -0.2) is 31.7 Å². The van der Waals surface area contributed by atoms with Crippen molar-refractivity contribution in [1.29, 1.82) is 0 Å². The lowest BCUT2D eigenvalue weighted by Crippen LogP contribution is -2.23. The number of rotatable bonds is 6. The number of benzene rings is 2. The molecule has 0 aliphatic rings. The average Bonchev–Trinajstić information content (AvgIpc) is 3.03. The molecule has 0 bridgehead atoms. The van der Waals surface area contributed by atoms with E-state index < -0.39 is 0 Å². The molecule has 0 aliphatic heterocycles. The number of methoxy groups -OCH3 is 2. The zero-order valence-electron chi connectivity index (χ0n) is 15.1. The highest BCUT2D eigenvalue weighted by atomic mass is 127. The Hall–Kier alpha value is -2.49. The Bertz CT molecular complexity index is 943. The Morgan fingerprint density at radius 2 is 2.00 bits per heavy atom. The van der Waals surface area contributed by atoms with Gasteiger partial charge in [-0.15, -0.1) is 24.0 Å². The Morgan fingerprint density at radius 1 is 1.19 bits per heavy atom. The molecule has 8 heteroatoms. The fraction of sp³-hybridized carbons (Fsp3) is 0.211. The van der Waals surface area contributed by atoms with Gasteiger partial charge in [0.2, 0.25) is 0 Å². The lowest BCUT2D eigenvalue weighted by atomic mass is 10.1. The number of nitrogens with zero attached hydrogens (tertiary/aromatic N) is 1. The van der Waals surface area contributed by atoms with Crippen LogP contribution in [0.2, 0.25) is 0 Å². The summed E-state index contributed by atoms with van der Waals surface area (Å²) in [6.45, 7) is 0.467. The highest BCUT2D eigenvalue weighted by Crippen LogP contribution is 2.28. The van der Waals surface area contributed by atoms with E-state index >= 15 is 0 Å². The Labute approximate surface area is 174 Å². The van der Waals surface area contributed by atoms with E-state index in [1.807, 2.05) is 6.20 Å². The molecule has 0 saturated carbocycles. The minimum Gasteiger partial charge on any atom is -0.497 e. The van der Waals surface area contributed by atoms with Crippen molar-refractivity contribution in [2.75, 3.05) is 26.1 Å². The quantitative estimate of drug-likeness (QED) is 0.282. The van der Waals surface area contributed by atoms with Crippen molar-refractivity contribution in [3.63, 3.8) is 0 Å². The summed E-state index contributed by atoms with van der Waals surface area (Å²) in [5.41, 5.74) is 8.54. The van der Waals surface area contributed by atoms with Gasteiger partial charge in [0.1, 0.15) is 17.3 Å². The van der Waals surface area contributed by atoms with Gasteiger partial charge in [0.25, 0.3) is 0 Å². The summed E-state index contributed by atoms with van der Waals surface area (Å²) >= 11 is 0. The highest BCUT2D eigenvalue weighted by Gasteiger charge is 2.07. The lowest BCUT2D eigenvalue weighted by Gasteiger charge is -2.12. The van der Waals surface area contributed by atoms with E-state index in [1.54, 1.807) is 38.5 Å². The number of halogens is 2. The van der Waals surface area contributed by atoms with Crippen LogP contribution in [0, 0.1) is 5.82 Å². The molecular weight excluding hydrogens is 462 g/mol. The van der Waals surface area contributed by atoms with E-state index in [-0.39, 0.29) is 35.8 Å². The number of aromatic nitrogens is 1. The third kappa shape index (κ3) is 5.03. The molecule has 27 heavy (non-hydrogen) atoms. The minimum atomic E-state index is -0.256. The van der Waals surface area contributed by atoms with Crippen molar-refractivity contribution < 1.29 is 13.9 Å². The van der Waals surface area contributed by atoms with Gasteiger partial charge in [-0.25, -0.2) is 4.39 Å². The molecule has 0 amide bonds. The van der Waals surface area contributed by atoms with E-state index in [0.29, 0.717) is 30.2 Å². The van der Waals surface area contributed by atoms with Crippen molar-refractivity contribution in [2.24, 2.45) is 10.7 Å². The highest BCUT2D eigenvalue weighted by molar-refractivity contribution is 14.0.